The number of unbranched alkanes of at least 4 members (excludes halogenated alkanes) is 1. The van der Waals surface area contributed by atoms with Crippen molar-refractivity contribution >= 4 is 52.6 Å². The van der Waals surface area contributed by atoms with E-state index in [1.54, 1.807) is 24.5 Å². The Balaban J connectivity index is 1.66. The molecule has 2 aromatic rings. The molecule has 0 saturated heterocycles. The van der Waals surface area contributed by atoms with Gasteiger partial charge in [0.25, 0.3) is 0 Å². The van der Waals surface area contributed by atoms with Gasteiger partial charge >= 0.3 is 0 Å². The minimum atomic E-state index is 0.127. The monoisotopic (exact) mass is 534 g/mol. The van der Waals surface area contributed by atoms with Gasteiger partial charge in [-0.3, -0.25) is 0 Å². The van der Waals surface area contributed by atoms with Gasteiger partial charge in [-0.15, -0.1) is 0 Å². The maximum absolute atomic E-state index is 6.26. The van der Waals surface area contributed by atoms with Crippen LogP contribution in [0.15, 0.2) is 46.2 Å². The fraction of sp³-hybridized carbons (Fsp3) is 0.391. The Bertz CT molecular complexity index is 881. The fourth-order valence-electron chi connectivity index (χ4n) is 2.47. The van der Waals surface area contributed by atoms with Gasteiger partial charge in [-0.05, 0) is 30.9 Å². The number of oxime groups is 1. The van der Waals surface area contributed by atoms with Gasteiger partial charge in [-0.25, -0.2) is 4.98 Å². The molecular weight excluding hydrogens is 510 g/mol. The fourth-order valence-corrected chi connectivity index (χ4v) is 3.17. The van der Waals surface area contributed by atoms with Gasteiger partial charge in [0.1, 0.15) is 23.5 Å². The van der Waals surface area contributed by atoms with E-state index in [4.69, 9.17) is 65.5 Å². The lowest BCUT2D eigenvalue weighted by atomic mass is 10.2. The number of benzene rings is 1. The van der Waals surface area contributed by atoms with E-state index < -0.39 is 0 Å². The van der Waals surface area contributed by atoms with Crippen LogP contribution in [0.5, 0.6) is 17.4 Å². The first-order valence-corrected chi connectivity index (χ1v) is 12.0. The molecule has 0 atom stereocenters. The highest BCUT2D eigenvalue weighted by atomic mass is 35.5. The van der Waals surface area contributed by atoms with Crippen molar-refractivity contribution in [3.63, 3.8) is 0 Å². The number of hydrogen-bond donors (Lipinski definition) is 0. The van der Waals surface area contributed by atoms with Crippen molar-refractivity contribution in [2.24, 2.45) is 5.16 Å². The lowest BCUT2D eigenvalue weighted by molar-refractivity contribution is 0.146. The maximum Gasteiger partial charge on any atom is 0.213 e. The van der Waals surface area contributed by atoms with Gasteiger partial charge in [0.05, 0.1) is 23.3 Å². The van der Waals surface area contributed by atoms with Crippen LogP contribution >= 0.6 is 46.4 Å². The molecule has 0 radical (unpaired) electrons. The number of nitrogens with zero attached hydrogens (tertiary/aromatic N) is 2. The van der Waals surface area contributed by atoms with Crippen LogP contribution in [0.4, 0.5) is 0 Å². The van der Waals surface area contributed by atoms with Crippen LogP contribution in [0.3, 0.4) is 0 Å². The van der Waals surface area contributed by atoms with Crippen LogP contribution in [0.1, 0.15) is 31.7 Å². The Morgan fingerprint density at radius 2 is 1.73 bits per heavy atom. The van der Waals surface area contributed by atoms with E-state index in [-0.39, 0.29) is 11.1 Å². The Hall–Kier alpha value is -1.86. The van der Waals surface area contributed by atoms with Crippen molar-refractivity contribution in [1.29, 1.82) is 0 Å². The lowest BCUT2D eigenvalue weighted by Gasteiger charge is -2.12. The Morgan fingerprint density at radius 3 is 2.36 bits per heavy atom. The first kappa shape index (κ1) is 27.4. The Kier molecular flexibility index (Phi) is 13.2. The molecule has 0 bridgehead atoms. The second-order valence-corrected chi connectivity index (χ2v) is 8.58. The van der Waals surface area contributed by atoms with Gasteiger partial charge in [0.15, 0.2) is 5.75 Å². The molecule has 2 rings (SSSR count). The third-order valence-electron chi connectivity index (χ3n) is 4.06. The standard InChI is InChI=1S/C23H26Cl4N2O4/c1-2-10-33-29-9-7-17-5-6-22(28-16-17)31-11-3-4-12-32-23-19(24)14-18(15-20(23)25)30-13-8-21(26)27/h5-6,8-9,14-16H,2-4,7,10-13H2,1H3/b29-9+. The molecule has 0 N–H and O–H groups in total. The molecule has 1 heterocycles. The topological polar surface area (TPSA) is 62.2 Å². The summed E-state index contributed by atoms with van der Waals surface area (Å²) in [7, 11) is 0. The van der Waals surface area contributed by atoms with Crippen LogP contribution < -0.4 is 14.2 Å². The molecule has 10 heteroatoms. The summed E-state index contributed by atoms with van der Waals surface area (Å²) in [4.78, 5) is 9.37. The smallest absolute Gasteiger partial charge is 0.213 e. The summed E-state index contributed by atoms with van der Waals surface area (Å²) in [6.45, 7) is 3.82. The zero-order chi connectivity index (χ0) is 23.9. The quantitative estimate of drug-likeness (QED) is 0.136. The van der Waals surface area contributed by atoms with E-state index in [1.165, 1.54) is 6.08 Å². The average molecular weight is 536 g/mol. The van der Waals surface area contributed by atoms with Gasteiger partial charge in [0, 0.05) is 37.0 Å². The SMILES string of the molecule is CCCO/N=C/Cc1ccc(OCCCCOc2c(Cl)cc(OCC=C(Cl)Cl)cc2Cl)nc1. The van der Waals surface area contributed by atoms with Crippen LogP contribution in [-0.2, 0) is 11.3 Å². The number of halogens is 4. The highest BCUT2D eigenvalue weighted by Crippen LogP contribution is 2.37. The predicted octanol–water partition coefficient (Wildman–Crippen LogP) is 7.28. The van der Waals surface area contributed by atoms with Crippen molar-refractivity contribution in [3.05, 3.63) is 56.6 Å². The molecule has 33 heavy (non-hydrogen) atoms. The molecule has 0 aliphatic carbocycles. The highest BCUT2D eigenvalue weighted by molar-refractivity contribution is 6.55. The zero-order valence-corrected chi connectivity index (χ0v) is 21.3. The molecule has 0 amide bonds. The van der Waals surface area contributed by atoms with Crippen molar-refractivity contribution in [2.75, 3.05) is 26.4 Å². The summed E-state index contributed by atoms with van der Waals surface area (Å²) >= 11 is 23.6. The average Bonchev–Trinajstić information content (AvgIpc) is 2.78. The van der Waals surface area contributed by atoms with Crippen LogP contribution in [-0.4, -0.2) is 37.6 Å². The van der Waals surface area contributed by atoms with Crippen LogP contribution in [0, 0.1) is 0 Å². The van der Waals surface area contributed by atoms with E-state index in [0.717, 1.165) is 24.8 Å². The minimum absolute atomic E-state index is 0.127. The second kappa shape index (κ2) is 15.9. The maximum atomic E-state index is 6.26. The van der Waals surface area contributed by atoms with E-state index in [2.05, 4.69) is 10.1 Å². The van der Waals surface area contributed by atoms with Crippen molar-refractivity contribution in [1.82, 2.24) is 4.98 Å². The molecule has 0 spiro atoms. The third kappa shape index (κ3) is 11.2. The van der Waals surface area contributed by atoms with E-state index in [9.17, 15) is 0 Å². The number of hydrogen-bond acceptors (Lipinski definition) is 6. The van der Waals surface area contributed by atoms with E-state index >= 15 is 0 Å². The van der Waals surface area contributed by atoms with E-state index in [1.807, 2.05) is 19.1 Å². The molecule has 0 fully saturated rings. The van der Waals surface area contributed by atoms with Crippen LogP contribution in [0.2, 0.25) is 10.0 Å². The predicted molar refractivity (Wildman–Crippen MR) is 135 cm³/mol. The molecule has 0 saturated carbocycles. The first-order chi connectivity index (χ1) is 16.0. The third-order valence-corrected chi connectivity index (χ3v) is 4.93. The molecule has 0 aliphatic rings. The summed E-state index contributed by atoms with van der Waals surface area (Å²) in [5.41, 5.74) is 1.03. The zero-order valence-electron chi connectivity index (χ0n) is 18.2. The van der Waals surface area contributed by atoms with Crippen molar-refractivity contribution < 1.29 is 19.0 Å². The second-order valence-electron chi connectivity index (χ2n) is 6.75. The van der Waals surface area contributed by atoms with Crippen molar-refractivity contribution in [3.8, 4) is 17.4 Å². The molecule has 1 aromatic heterocycles. The van der Waals surface area contributed by atoms with Crippen molar-refractivity contribution in [2.45, 2.75) is 32.6 Å². The van der Waals surface area contributed by atoms with Gasteiger partial charge < -0.3 is 19.0 Å². The molecule has 180 valence electrons. The molecule has 1 aromatic carbocycles. The summed E-state index contributed by atoms with van der Waals surface area (Å²) in [6, 6.07) is 7.05. The highest BCUT2D eigenvalue weighted by Gasteiger charge is 2.10. The normalized spacial score (nSPS) is 10.8. The number of pyridine rings is 1. The Labute approximate surface area is 214 Å². The number of rotatable bonds is 15. The van der Waals surface area contributed by atoms with Crippen LogP contribution in [0.25, 0.3) is 0 Å². The molecular formula is C23H26Cl4N2O4. The summed E-state index contributed by atoms with van der Waals surface area (Å²) in [5, 5.41) is 4.61. The van der Waals surface area contributed by atoms with Gasteiger partial charge in [-0.2, -0.15) is 0 Å². The van der Waals surface area contributed by atoms with Gasteiger partial charge in [0.2, 0.25) is 5.88 Å². The lowest BCUT2D eigenvalue weighted by Crippen LogP contribution is -2.04. The summed E-state index contributed by atoms with van der Waals surface area (Å²) < 4.78 is 17.0. The summed E-state index contributed by atoms with van der Waals surface area (Å²) in [6.07, 6.45) is 8.14. The Morgan fingerprint density at radius 1 is 1.00 bits per heavy atom. The first-order valence-electron chi connectivity index (χ1n) is 10.5. The van der Waals surface area contributed by atoms with E-state index in [0.29, 0.717) is 53.7 Å². The molecule has 0 unspecified atom stereocenters. The summed E-state index contributed by atoms with van der Waals surface area (Å²) in [5.74, 6) is 1.48. The largest absolute Gasteiger partial charge is 0.490 e. The molecule has 6 nitrogen and oxygen atoms in total. The molecule has 0 aliphatic heterocycles. The van der Waals surface area contributed by atoms with Gasteiger partial charge in [-0.1, -0.05) is 64.5 Å². The number of aromatic nitrogens is 1. The minimum Gasteiger partial charge on any atom is -0.490 e. The number of ether oxygens (including phenoxy) is 3.